The SMILES string of the molecule is Cc1ccc(C(NCc2nnnn2-c2ccccc2)c2ccccc2)cc1. The van der Waals surface area contributed by atoms with Crippen molar-refractivity contribution in [2.45, 2.75) is 19.5 Å². The average molecular weight is 355 g/mol. The Morgan fingerprint density at radius 3 is 2.15 bits per heavy atom. The van der Waals surface area contributed by atoms with E-state index in [-0.39, 0.29) is 6.04 Å². The molecule has 1 aromatic heterocycles. The smallest absolute Gasteiger partial charge is 0.170 e. The number of nitrogens with zero attached hydrogens (tertiary/aromatic N) is 4. The Hall–Kier alpha value is -3.31. The summed E-state index contributed by atoms with van der Waals surface area (Å²) in [5.74, 6) is 0.772. The van der Waals surface area contributed by atoms with E-state index in [0.29, 0.717) is 6.54 Å². The zero-order valence-corrected chi connectivity index (χ0v) is 15.2. The molecule has 27 heavy (non-hydrogen) atoms. The van der Waals surface area contributed by atoms with Crippen LogP contribution in [-0.4, -0.2) is 20.2 Å². The lowest BCUT2D eigenvalue weighted by Gasteiger charge is -2.20. The van der Waals surface area contributed by atoms with Crippen LogP contribution in [-0.2, 0) is 6.54 Å². The van der Waals surface area contributed by atoms with E-state index in [1.165, 1.54) is 16.7 Å². The molecule has 5 heteroatoms. The first-order valence-electron chi connectivity index (χ1n) is 8.99. The van der Waals surface area contributed by atoms with Gasteiger partial charge in [0.25, 0.3) is 0 Å². The van der Waals surface area contributed by atoms with Crippen molar-refractivity contribution in [2.24, 2.45) is 0 Å². The van der Waals surface area contributed by atoms with Crippen LogP contribution in [0.3, 0.4) is 0 Å². The summed E-state index contributed by atoms with van der Waals surface area (Å²) in [7, 11) is 0. The number of nitrogens with one attached hydrogen (secondary N) is 1. The molecule has 0 amide bonds. The first-order chi connectivity index (χ1) is 13.3. The molecule has 1 heterocycles. The third kappa shape index (κ3) is 3.93. The van der Waals surface area contributed by atoms with Crippen LogP contribution < -0.4 is 5.32 Å². The number of rotatable bonds is 6. The molecule has 0 saturated heterocycles. The monoisotopic (exact) mass is 355 g/mol. The highest BCUT2D eigenvalue weighted by molar-refractivity contribution is 5.34. The van der Waals surface area contributed by atoms with Crippen molar-refractivity contribution in [3.63, 3.8) is 0 Å². The molecule has 0 fully saturated rings. The van der Waals surface area contributed by atoms with Gasteiger partial charge in [-0.2, -0.15) is 4.68 Å². The van der Waals surface area contributed by atoms with Gasteiger partial charge in [-0.05, 0) is 40.6 Å². The number of aryl methyl sites for hydroxylation is 1. The maximum Gasteiger partial charge on any atom is 0.170 e. The molecule has 0 radical (unpaired) electrons. The Labute approximate surface area is 158 Å². The van der Waals surface area contributed by atoms with Gasteiger partial charge in [0.15, 0.2) is 5.82 Å². The number of aromatic nitrogens is 4. The molecule has 0 saturated carbocycles. The van der Waals surface area contributed by atoms with Crippen LogP contribution in [0, 0.1) is 6.92 Å². The second-order valence-corrected chi connectivity index (χ2v) is 6.48. The first kappa shape index (κ1) is 17.1. The molecule has 134 valence electrons. The van der Waals surface area contributed by atoms with E-state index in [4.69, 9.17) is 0 Å². The minimum Gasteiger partial charge on any atom is -0.299 e. The van der Waals surface area contributed by atoms with Crippen molar-refractivity contribution < 1.29 is 0 Å². The van der Waals surface area contributed by atoms with Crippen LogP contribution >= 0.6 is 0 Å². The van der Waals surface area contributed by atoms with E-state index in [0.717, 1.165) is 11.5 Å². The van der Waals surface area contributed by atoms with Crippen molar-refractivity contribution in [3.05, 3.63) is 107 Å². The number of hydrogen-bond acceptors (Lipinski definition) is 4. The van der Waals surface area contributed by atoms with Crippen molar-refractivity contribution in [1.29, 1.82) is 0 Å². The van der Waals surface area contributed by atoms with E-state index in [1.807, 2.05) is 36.4 Å². The van der Waals surface area contributed by atoms with Crippen LogP contribution in [0.5, 0.6) is 0 Å². The fraction of sp³-hybridized carbons (Fsp3) is 0.136. The summed E-state index contributed by atoms with van der Waals surface area (Å²) < 4.78 is 1.77. The molecular weight excluding hydrogens is 334 g/mol. The van der Waals surface area contributed by atoms with E-state index >= 15 is 0 Å². The Bertz CT molecular complexity index is 978. The quantitative estimate of drug-likeness (QED) is 0.571. The third-order valence-electron chi connectivity index (χ3n) is 4.54. The van der Waals surface area contributed by atoms with Crippen LogP contribution in [0.15, 0.2) is 84.9 Å². The molecule has 0 bridgehead atoms. The topological polar surface area (TPSA) is 55.6 Å². The molecular formula is C22H21N5. The molecule has 1 unspecified atom stereocenters. The van der Waals surface area contributed by atoms with Crippen molar-refractivity contribution in [3.8, 4) is 5.69 Å². The van der Waals surface area contributed by atoms with E-state index < -0.39 is 0 Å². The fourth-order valence-corrected chi connectivity index (χ4v) is 3.11. The first-order valence-corrected chi connectivity index (χ1v) is 8.99. The summed E-state index contributed by atoms with van der Waals surface area (Å²) in [5, 5.41) is 15.8. The second kappa shape index (κ2) is 7.93. The van der Waals surface area contributed by atoms with Gasteiger partial charge in [-0.15, -0.1) is 5.10 Å². The van der Waals surface area contributed by atoms with Gasteiger partial charge in [0.2, 0.25) is 0 Å². The Kier molecular flexibility index (Phi) is 5.03. The Morgan fingerprint density at radius 2 is 1.44 bits per heavy atom. The lowest BCUT2D eigenvalue weighted by Crippen LogP contribution is -2.24. The molecule has 0 aliphatic heterocycles. The van der Waals surface area contributed by atoms with Crippen molar-refractivity contribution in [1.82, 2.24) is 25.5 Å². The summed E-state index contributed by atoms with van der Waals surface area (Å²) in [6.45, 7) is 2.65. The number of hydrogen-bond donors (Lipinski definition) is 1. The highest BCUT2D eigenvalue weighted by atomic mass is 15.5. The minimum absolute atomic E-state index is 0.0627. The molecule has 1 atom stereocenters. The van der Waals surface area contributed by atoms with Crippen LogP contribution in [0.25, 0.3) is 5.69 Å². The maximum absolute atomic E-state index is 4.21. The second-order valence-electron chi connectivity index (χ2n) is 6.48. The molecule has 3 aromatic carbocycles. The van der Waals surface area contributed by atoms with Gasteiger partial charge in [0.1, 0.15) is 0 Å². The van der Waals surface area contributed by atoms with E-state index in [9.17, 15) is 0 Å². The van der Waals surface area contributed by atoms with Crippen LogP contribution in [0.1, 0.15) is 28.6 Å². The molecule has 0 aliphatic rings. The molecule has 0 aliphatic carbocycles. The molecule has 1 N–H and O–H groups in total. The van der Waals surface area contributed by atoms with Gasteiger partial charge in [-0.3, -0.25) is 5.32 Å². The number of tetrazole rings is 1. The highest BCUT2D eigenvalue weighted by Crippen LogP contribution is 2.23. The van der Waals surface area contributed by atoms with E-state index in [1.54, 1.807) is 4.68 Å². The van der Waals surface area contributed by atoms with Crippen LogP contribution in [0.4, 0.5) is 0 Å². The Balaban J connectivity index is 1.60. The number of para-hydroxylation sites is 1. The lowest BCUT2D eigenvalue weighted by atomic mass is 9.98. The largest absolute Gasteiger partial charge is 0.299 e. The fourth-order valence-electron chi connectivity index (χ4n) is 3.11. The predicted octanol–water partition coefficient (Wildman–Crippen LogP) is 3.85. The normalized spacial score (nSPS) is 12.0. The van der Waals surface area contributed by atoms with Gasteiger partial charge >= 0.3 is 0 Å². The summed E-state index contributed by atoms with van der Waals surface area (Å²) in [6, 6.07) is 29.0. The van der Waals surface area contributed by atoms with Crippen molar-refractivity contribution in [2.75, 3.05) is 0 Å². The zero-order chi connectivity index (χ0) is 18.5. The third-order valence-corrected chi connectivity index (χ3v) is 4.54. The van der Waals surface area contributed by atoms with Gasteiger partial charge < -0.3 is 0 Å². The molecule has 0 spiro atoms. The standard InChI is InChI=1S/C22H21N5/c1-17-12-14-19(15-13-17)22(18-8-4-2-5-9-18)23-16-21-24-25-26-27(21)20-10-6-3-7-11-20/h2-15,22-23H,16H2,1H3. The molecule has 4 aromatic rings. The van der Waals surface area contributed by atoms with E-state index in [2.05, 4.69) is 76.3 Å². The summed E-state index contributed by atoms with van der Waals surface area (Å²) >= 11 is 0. The zero-order valence-electron chi connectivity index (χ0n) is 15.2. The summed E-state index contributed by atoms with van der Waals surface area (Å²) in [5.41, 5.74) is 4.62. The lowest BCUT2D eigenvalue weighted by molar-refractivity contribution is 0.576. The minimum atomic E-state index is 0.0627. The van der Waals surface area contributed by atoms with Gasteiger partial charge in [-0.1, -0.05) is 78.4 Å². The summed E-state index contributed by atoms with van der Waals surface area (Å²) in [4.78, 5) is 0. The highest BCUT2D eigenvalue weighted by Gasteiger charge is 2.16. The molecule has 4 rings (SSSR count). The number of benzene rings is 3. The average Bonchev–Trinajstić information content (AvgIpc) is 3.19. The predicted molar refractivity (Wildman–Crippen MR) is 105 cm³/mol. The van der Waals surface area contributed by atoms with Gasteiger partial charge in [0, 0.05) is 0 Å². The van der Waals surface area contributed by atoms with Gasteiger partial charge in [-0.25, -0.2) is 0 Å². The summed E-state index contributed by atoms with van der Waals surface area (Å²) in [6.07, 6.45) is 0. The van der Waals surface area contributed by atoms with Gasteiger partial charge in [0.05, 0.1) is 18.3 Å². The maximum atomic E-state index is 4.21. The Morgan fingerprint density at radius 1 is 0.815 bits per heavy atom. The van der Waals surface area contributed by atoms with Crippen LogP contribution in [0.2, 0.25) is 0 Å². The van der Waals surface area contributed by atoms with Crippen molar-refractivity contribution >= 4 is 0 Å². The molecule has 5 nitrogen and oxygen atoms in total.